The molecule has 0 bridgehead atoms. The van der Waals surface area contributed by atoms with Crippen LogP contribution in [0.15, 0.2) is 42.5 Å². The van der Waals surface area contributed by atoms with Crippen LogP contribution in [0.1, 0.15) is 31.2 Å². The van der Waals surface area contributed by atoms with Crippen molar-refractivity contribution in [2.75, 3.05) is 0 Å². The molecule has 2 aromatic carbocycles. The summed E-state index contributed by atoms with van der Waals surface area (Å²) in [7, 11) is 0. The van der Waals surface area contributed by atoms with Crippen molar-refractivity contribution in [2.45, 2.75) is 44.4 Å². The Morgan fingerprint density at radius 1 is 1.00 bits per heavy atom. The molecule has 1 aliphatic carbocycles. The van der Waals surface area contributed by atoms with Crippen molar-refractivity contribution in [1.82, 2.24) is 5.32 Å². The van der Waals surface area contributed by atoms with E-state index in [0.717, 1.165) is 25.8 Å². The third-order valence-electron chi connectivity index (χ3n) is 4.16. The first-order chi connectivity index (χ1) is 9.34. The van der Waals surface area contributed by atoms with Crippen molar-refractivity contribution in [2.24, 2.45) is 0 Å². The Labute approximate surface area is 114 Å². The van der Waals surface area contributed by atoms with Gasteiger partial charge in [0.05, 0.1) is 6.10 Å². The van der Waals surface area contributed by atoms with E-state index in [1.807, 2.05) is 0 Å². The fourth-order valence-corrected chi connectivity index (χ4v) is 3.04. The summed E-state index contributed by atoms with van der Waals surface area (Å²) < 4.78 is 0. The van der Waals surface area contributed by atoms with Crippen LogP contribution in [0.5, 0.6) is 0 Å². The maximum atomic E-state index is 10.00. The topological polar surface area (TPSA) is 32.3 Å². The first-order valence-corrected chi connectivity index (χ1v) is 7.23. The second-order valence-corrected chi connectivity index (χ2v) is 5.48. The van der Waals surface area contributed by atoms with Crippen molar-refractivity contribution >= 4 is 10.8 Å². The van der Waals surface area contributed by atoms with Gasteiger partial charge in [0.25, 0.3) is 0 Å². The molecule has 0 unspecified atom stereocenters. The van der Waals surface area contributed by atoms with Crippen molar-refractivity contribution in [3.05, 3.63) is 48.0 Å². The zero-order chi connectivity index (χ0) is 13.1. The molecule has 2 heteroatoms. The lowest BCUT2D eigenvalue weighted by Gasteiger charge is -2.28. The Balaban J connectivity index is 1.74. The lowest BCUT2D eigenvalue weighted by atomic mass is 9.92. The van der Waals surface area contributed by atoms with Crippen LogP contribution < -0.4 is 5.32 Å². The van der Waals surface area contributed by atoms with E-state index in [9.17, 15) is 5.11 Å². The number of rotatable bonds is 3. The number of aliphatic hydroxyl groups is 1. The molecule has 2 N–H and O–H groups in total. The van der Waals surface area contributed by atoms with E-state index in [1.54, 1.807) is 0 Å². The maximum Gasteiger partial charge on any atom is 0.0693 e. The number of fused-ring (bicyclic) bond motifs is 1. The smallest absolute Gasteiger partial charge is 0.0693 e. The summed E-state index contributed by atoms with van der Waals surface area (Å²) in [6.07, 6.45) is 4.24. The third kappa shape index (κ3) is 2.80. The Bertz CT molecular complexity index is 546. The molecule has 2 atom stereocenters. The largest absolute Gasteiger partial charge is 0.392 e. The minimum atomic E-state index is -0.177. The Morgan fingerprint density at radius 2 is 1.79 bits per heavy atom. The van der Waals surface area contributed by atoms with Crippen LogP contribution >= 0.6 is 0 Å². The van der Waals surface area contributed by atoms with Crippen molar-refractivity contribution in [3.8, 4) is 0 Å². The molecule has 1 fully saturated rings. The molecule has 0 aromatic heterocycles. The van der Waals surface area contributed by atoms with Crippen molar-refractivity contribution in [3.63, 3.8) is 0 Å². The van der Waals surface area contributed by atoms with Crippen LogP contribution in [-0.4, -0.2) is 17.3 Å². The van der Waals surface area contributed by atoms with Gasteiger partial charge >= 0.3 is 0 Å². The van der Waals surface area contributed by atoms with Crippen LogP contribution in [0.3, 0.4) is 0 Å². The average Bonchev–Trinajstić information content (AvgIpc) is 2.46. The van der Waals surface area contributed by atoms with Crippen LogP contribution in [0.4, 0.5) is 0 Å². The molecule has 0 spiro atoms. The van der Waals surface area contributed by atoms with Gasteiger partial charge in [0.2, 0.25) is 0 Å². The van der Waals surface area contributed by atoms with Gasteiger partial charge in [-0.3, -0.25) is 0 Å². The van der Waals surface area contributed by atoms with Crippen LogP contribution in [-0.2, 0) is 6.54 Å². The van der Waals surface area contributed by atoms with Gasteiger partial charge in [-0.15, -0.1) is 0 Å². The molecule has 0 amide bonds. The van der Waals surface area contributed by atoms with Gasteiger partial charge in [0.1, 0.15) is 0 Å². The highest BCUT2D eigenvalue weighted by molar-refractivity contribution is 5.85. The maximum absolute atomic E-state index is 10.00. The molecule has 100 valence electrons. The summed E-state index contributed by atoms with van der Waals surface area (Å²) >= 11 is 0. The molecule has 1 saturated carbocycles. The number of hydrogen-bond donors (Lipinski definition) is 2. The normalized spacial score (nSPS) is 23.6. The van der Waals surface area contributed by atoms with E-state index in [-0.39, 0.29) is 12.1 Å². The average molecular weight is 255 g/mol. The lowest BCUT2D eigenvalue weighted by Crippen LogP contribution is -2.41. The van der Waals surface area contributed by atoms with Crippen LogP contribution in [0.2, 0.25) is 0 Å². The summed E-state index contributed by atoms with van der Waals surface area (Å²) in [6, 6.07) is 15.2. The summed E-state index contributed by atoms with van der Waals surface area (Å²) in [6.45, 7) is 0.836. The molecule has 2 aromatic rings. The second kappa shape index (κ2) is 5.72. The van der Waals surface area contributed by atoms with E-state index in [2.05, 4.69) is 47.8 Å². The van der Waals surface area contributed by atoms with Gasteiger partial charge in [0, 0.05) is 12.6 Å². The van der Waals surface area contributed by atoms with E-state index in [0.29, 0.717) is 0 Å². The predicted octanol–water partition coefficient (Wildman–Crippen LogP) is 3.23. The SMILES string of the molecule is O[C@H]1CCCC[C@@H]1NCc1cccc2ccccc12. The minimum absolute atomic E-state index is 0.177. The van der Waals surface area contributed by atoms with Gasteiger partial charge in [0.15, 0.2) is 0 Å². The van der Waals surface area contributed by atoms with E-state index >= 15 is 0 Å². The highest BCUT2D eigenvalue weighted by Crippen LogP contribution is 2.21. The van der Waals surface area contributed by atoms with Gasteiger partial charge in [-0.05, 0) is 29.2 Å². The standard InChI is InChI=1S/C17H21NO/c19-17-11-4-3-10-16(17)18-12-14-8-5-7-13-6-1-2-9-15(13)14/h1-2,5-9,16-19H,3-4,10-12H2/t16-,17-/m0/s1. The Hall–Kier alpha value is -1.38. The van der Waals surface area contributed by atoms with Crippen LogP contribution in [0, 0.1) is 0 Å². The summed E-state index contributed by atoms with van der Waals surface area (Å²) in [5.41, 5.74) is 1.32. The van der Waals surface area contributed by atoms with Crippen molar-refractivity contribution in [1.29, 1.82) is 0 Å². The molecular formula is C17H21NO. The quantitative estimate of drug-likeness (QED) is 0.882. The minimum Gasteiger partial charge on any atom is -0.392 e. The lowest BCUT2D eigenvalue weighted by molar-refractivity contribution is 0.0903. The van der Waals surface area contributed by atoms with E-state index in [4.69, 9.17) is 0 Å². The number of hydrogen-bond acceptors (Lipinski definition) is 2. The highest BCUT2D eigenvalue weighted by atomic mass is 16.3. The number of aliphatic hydroxyl groups excluding tert-OH is 1. The number of nitrogens with one attached hydrogen (secondary N) is 1. The Morgan fingerprint density at radius 3 is 2.68 bits per heavy atom. The first-order valence-electron chi connectivity index (χ1n) is 7.23. The van der Waals surface area contributed by atoms with E-state index in [1.165, 1.54) is 22.8 Å². The monoisotopic (exact) mass is 255 g/mol. The van der Waals surface area contributed by atoms with Crippen LogP contribution in [0.25, 0.3) is 10.8 Å². The molecule has 0 aliphatic heterocycles. The molecule has 3 rings (SSSR count). The molecule has 19 heavy (non-hydrogen) atoms. The van der Waals surface area contributed by atoms with Crippen molar-refractivity contribution < 1.29 is 5.11 Å². The fraction of sp³-hybridized carbons (Fsp3) is 0.412. The van der Waals surface area contributed by atoms with E-state index < -0.39 is 0 Å². The molecule has 2 nitrogen and oxygen atoms in total. The third-order valence-corrected chi connectivity index (χ3v) is 4.16. The zero-order valence-electron chi connectivity index (χ0n) is 11.2. The highest BCUT2D eigenvalue weighted by Gasteiger charge is 2.22. The molecular weight excluding hydrogens is 234 g/mol. The van der Waals surface area contributed by atoms with Gasteiger partial charge < -0.3 is 10.4 Å². The number of benzene rings is 2. The molecule has 0 heterocycles. The second-order valence-electron chi connectivity index (χ2n) is 5.48. The summed E-state index contributed by atoms with van der Waals surface area (Å²) in [5, 5.41) is 16.1. The fourth-order valence-electron chi connectivity index (χ4n) is 3.04. The molecule has 1 aliphatic rings. The summed E-state index contributed by atoms with van der Waals surface area (Å²) in [4.78, 5) is 0. The van der Waals surface area contributed by atoms with Gasteiger partial charge in [-0.2, -0.15) is 0 Å². The first kappa shape index (κ1) is 12.6. The molecule has 0 radical (unpaired) electrons. The Kier molecular flexibility index (Phi) is 3.81. The predicted molar refractivity (Wildman–Crippen MR) is 79.1 cm³/mol. The zero-order valence-corrected chi connectivity index (χ0v) is 11.2. The molecule has 0 saturated heterocycles. The summed E-state index contributed by atoms with van der Waals surface area (Å²) in [5.74, 6) is 0. The van der Waals surface area contributed by atoms with Gasteiger partial charge in [-0.25, -0.2) is 0 Å². The van der Waals surface area contributed by atoms with Gasteiger partial charge in [-0.1, -0.05) is 55.3 Å².